The maximum absolute atomic E-state index is 13.5. The fraction of sp³-hybridized carbons (Fsp3) is 0.0968. The van der Waals surface area contributed by atoms with Gasteiger partial charge in [-0.3, -0.25) is 9.59 Å². The van der Waals surface area contributed by atoms with E-state index in [0.717, 1.165) is 25.8 Å². The Hall–Kier alpha value is -4.51. The fourth-order valence-electron chi connectivity index (χ4n) is 4.02. The van der Waals surface area contributed by atoms with E-state index in [4.69, 9.17) is 11.5 Å². The summed E-state index contributed by atoms with van der Waals surface area (Å²) in [6.45, 7) is 1.76. The second-order valence-electron chi connectivity index (χ2n) is 9.08. The van der Waals surface area contributed by atoms with Gasteiger partial charge in [0.2, 0.25) is 11.9 Å². The maximum Gasteiger partial charge on any atom is 0.251 e. The zero-order chi connectivity index (χ0) is 28.5. The van der Waals surface area contributed by atoms with E-state index in [-0.39, 0.29) is 17.8 Å². The smallest absolute Gasteiger partial charge is 0.251 e. The van der Waals surface area contributed by atoms with E-state index in [2.05, 4.69) is 43.4 Å². The molecule has 0 aromatic heterocycles. The van der Waals surface area contributed by atoms with Gasteiger partial charge in [0, 0.05) is 21.2 Å². The molecule has 9 heteroatoms. The molecular weight excluding hydrogens is 615 g/mol. The molecule has 0 aliphatic rings. The average Bonchev–Trinajstić information content (AvgIpc) is 2.96. The van der Waals surface area contributed by atoms with Crippen molar-refractivity contribution in [2.75, 3.05) is 5.32 Å². The normalized spacial score (nSPS) is 11.8. The van der Waals surface area contributed by atoms with Crippen molar-refractivity contribution >= 4 is 51.8 Å². The Balaban J connectivity index is 1.56. The topological polar surface area (TPSA) is 135 Å². The molecule has 0 spiro atoms. The van der Waals surface area contributed by atoms with Crippen molar-refractivity contribution in [3.05, 3.63) is 123 Å². The molecule has 8 nitrogen and oxygen atoms in total. The molecule has 6 N–H and O–H groups in total. The van der Waals surface area contributed by atoms with Gasteiger partial charge in [-0.15, -0.1) is 5.10 Å². The summed E-state index contributed by atoms with van der Waals surface area (Å²) in [7, 11) is 0. The molecule has 0 bridgehead atoms. The highest BCUT2D eigenvalue weighted by Gasteiger charge is 2.23. The molecule has 0 heterocycles. The van der Waals surface area contributed by atoms with Gasteiger partial charge >= 0.3 is 0 Å². The lowest BCUT2D eigenvalue weighted by molar-refractivity contribution is -0.118. The summed E-state index contributed by atoms with van der Waals surface area (Å²) < 4.78 is 0.928. The molecule has 2 amide bonds. The monoisotopic (exact) mass is 644 g/mol. The SMILES string of the molecule is C/C(=N\N=C(N)N)c1cccc(NC(=O)[C@H](Cc2ccc(-c3ccccc3)cc2)NC(=O)c2cccc(I)c2)c1. The molecule has 4 rings (SSSR count). The number of guanidine groups is 1. The van der Waals surface area contributed by atoms with E-state index in [1.165, 1.54) is 0 Å². The van der Waals surface area contributed by atoms with Gasteiger partial charge in [0.15, 0.2) is 0 Å². The molecule has 1 atom stereocenters. The molecule has 202 valence electrons. The number of carbonyl (C=O) groups excluding carboxylic acids is 2. The summed E-state index contributed by atoms with van der Waals surface area (Å²) in [5, 5.41) is 13.5. The Kier molecular flexibility index (Phi) is 9.63. The van der Waals surface area contributed by atoms with Gasteiger partial charge in [0.05, 0.1) is 5.71 Å². The number of nitrogens with one attached hydrogen (secondary N) is 2. The van der Waals surface area contributed by atoms with Gasteiger partial charge in [0.1, 0.15) is 6.04 Å². The number of halogens is 1. The summed E-state index contributed by atoms with van der Waals surface area (Å²) in [6.07, 6.45) is 0.307. The fourth-order valence-corrected chi connectivity index (χ4v) is 4.57. The van der Waals surface area contributed by atoms with Crippen LogP contribution in [-0.2, 0) is 11.2 Å². The second-order valence-corrected chi connectivity index (χ2v) is 10.3. The number of anilines is 1. The van der Waals surface area contributed by atoms with Gasteiger partial charge < -0.3 is 22.1 Å². The van der Waals surface area contributed by atoms with Gasteiger partial charge in [-0.2, -0.15) is 5.10 Å². The lowest BCUT2D eigenvalue weighted by Crippen LogP contribution is -2.45. The van der Waals surface area contributed by atoms with Gasteiger partial charge in [-0.05, 0) is 82.1 Å². The van der Waals surface area contributed by atoms with E-state index in [0.29, 0.717) is 23.4 Å². The minimum atomic E-state index is -0.826. The summed E-state index contributed by atoms with van der Waals surface area (Å²) in [4.78, 5) is 26.6. The molecule has 4 aromatic rings. The summed E-state index contributed by atoms with van der Waals surface area (Å²) in [5.74, 6) is -0.817. The van der Waals surface area contributed by atoms with E-state index in [9.17, 15) is 9.59 Å². The molecule has 40 heavy (non-hydrogen) atoms. The number of nitrogens with two attached hydrogens (primary N) is 2. The van der Waals surface area contributed by atoms with Crippen LogP contribution in [0.4, 0.5) is 5.69 Å². The largest absolute Gasteiger partial charge is 0.369 e. The highest BCUT2D eigenvalue weighted by molar-refractivity contribution is 14.1. The standard InChI is InChI=1S/C31H29IN6O2/c1-20(37-38-31(33)34)24-9-6-12-27(19-24)35-30(40)28(36-29(39)25-10-5-11-26(32)18-25)17-21-13-15-23(16-14-21)22-7-3-2-4-8-22/h2-16,18-19,28H,17H2,1H3,(H,35,40)(H,36,39)(H4,33,34,38)/b37-20+/t28-/m0/s1. The third-order valence-corrected chi connectivity index (χ3v) is 6.74. The first kappa shape index (κ1) is 28.5. The van der Waals surface area contributed by atoms with Crippen LogP contribution in [0.2, 0.25) is 0 Å². The van der Waals surface area contributed by atoms with Crippen LogP contribution in [0.3, 0.4) is 0 Å². The van der Waals surface area contributed by atoms with Crippen LogP contribution in [0.15, 0.2) is 113 Å². The maximum atomic E-state index is 13.5. The van der Waals surface area contributed by atoms with Crippen molar-refractivity contribution in [2.45, 2.75) is 19.4 Å². The highest BCUT2D eigenvalue weighted by atomic mass is 127. The van der Waals surface area contributed by atoms with Crippen LogP contribution in [-0.4, -0.2) is 29.5 Å². The van der Waals surface area contributed by atoms with Crippen LogP contribution in [0.1, 0.15) is 28.4 Å². The van der Waals surface area contributed by atoms with Crippen molar-refractivity contribution < 1.29 is 9.59 Å². The molecule has 4 aromatic carbocycles. The van der Waals surface area contributed by atoms with Crippen LogP contribution < -0.4 is 22.1 Å². The number of benzene rings is 4. The number of amides is 2. The molecule has 0 aliphatic heterocycles. The first-order valence-electron chi connectivity index (χ1n) is 12.5. The number of nitrogens with zero attached hydrogens (tertiary/aromatic N) is 2. The first-order valence-corrected chi connectivity index (χ1v) is 13.6. The average molecular weight is 645 g/mol. The molecule has 0 unspecified atom stereocenters. The number of hydrogen-bond acceptors (Lipinski definition) is 4. The minimum Gasteiger partial charge on any atom is -0.369 e. The first-order chi connectivity index (χ1) is 19.3. The lowest BCUT2D eigenvalue weighted by atomic mass is 10.00. The van der Waals surface area contributed by atoms with E-state index < -0.39 is 6.04 Å². The van der Waals surface area contributed by atoms with Crippen molar-refractivity contribution in [2.24, 2.45) is 21.7 Å². The van der Waals surface area contributed by atoms with Crippen molar-refractivity contribution in [3.63, 3.8) is 0 Å². The summed E-state index contributed by atoms with van der Waals surface area (Å²) in [5.41, 5.74) is 16.2. The van der Waals surface area contributed by atoms with Crippen LogP contribution in [0.5, 0.6) is 0 Å². The molecule has 0 radical (unpaired) electrons. The van der Waals surface area contributed by atoms with Gasteiger partial charge in [-0.25, -0.2) is 0 Å². The Bertz CT molecular complexity index is 1550. The van der Waals surface area contributed by atoms with E-state index >= 15 is 0 Å². The number of rotatable bonds is 9. The van der Waals surface area contributed by atoms with Gasteiger partial charge in [-0.1, -0.05) is 72.8 Å². The molecule has 0 aliphatic carbocycles. The summed E-state index contributed by atoms with van der Waals surface area (Å²) >= 11 is 2.15. The Morgan fingerprint density at radius 1 is 0.800 bits per heavy atom. The van der Waals surface area contributed by atoms with Crippen LogP contribution in [0, 0.1) is 3.57 Å². The summed E-state index contributed by atoms with van der Waals surface area (Å²) in [6, 6.07) is 31.6. The Morgan fingerprint density at radius 2 is 1.48 bits per heavy atom. The predicted octanol–water partition coefficient (Wildman–Crippen LogP) is 4.94. The third kappa shape index (κ3) is 8.00. The lowest BCUT2D eigenvalue weighted by Gasteiger charge is -2.19. The third-order valence-electron chi connectivity index (χ3n) is 6.07. The van der Waals surface area contributed by atoms with Gasteiger partial charge in [0.25, 0.3) is 5.91 Å². The second kappa shape index (κ2) is 13.5. The van der Waals surface area contributed by atoms with Crippen LogP contribution >= 0.6 is 22.6 Å². The highest BCUT2D eigenvalue weighted by Crippen LogP contribution is 2.20. The van der Waals surface area contributed by atoms with Crippen molar-refractivity contribution in [3.8, 4) is 11.1 Å². The van der Waals surface area contributed by atoms with Crippen molar-refractivity contribution in [1.29, 1.82) is 0 Å². The van der Waals surface area contributed by atoms with E-state index in [1.807, 2.05) is 72.8 Å². The Morgan fingerprint density at radius 3 is 2.17 bits per heavy atom. The predicted molar refractivity (Wildman–Crippen MR) is 169 cm³/mol. The number of hydrogen-bond donors (Lipinski definition) is 4. The van der Waals surface area contributed by atoms with Crippen LogP contribution in [0.25, 0.3) is 11.1 Å². The molecule has 0 saturated heterocycles. The minimum absolute atomic E-state index is 0.146. The molecular formula is C31H29IN6O2. The molecule has 0 fully saturated rings. The van der Waals surface area contributed by atoms with E-state index in [1.54, 1.807) is 37.3 Å². The zero-order valence-electron chi connectivity index (χ0n) is 21.8. The zero-order valence-corrected chi connectivity index (χ0v) is 24.0. The number of carbonyl (C=O) groups is 2. The Labute approximate surface area is 246 Å². The molecule has 0 saturated carbocycles. The quantitative estimate of drug-likeness (QED) is 0.0890. The van der Waals surface area contributed by atoms with Crippen molar-refractivity contribution in [1.82, 2.24) is 5.32 Å².